The fourth-order valence-electron chi connectivity index (χ4n) is 2.30. The minimum atomic E-state index is -2.43. The molecule has 1 aromatic carbocycles. The Morgan fingerprint density at radius 2 is 1.32 bits per heavy atom. The molecule has 0 aliphatic heterocycles. The molecule has 0 amide bonds. The monoisotopic (exact) mass is 401 g/mol. The number of carbonyl (C=O) groups is 2. The van der Waals surface area contributed by atoms with E-state index in [2.05, 4.69) is 9.47 Å². The summed E-state index contributed by atoms with van der Waals surface area (Å²) >= 11 is 0. The van der Waals surface area contributed by atoms with Crippen LogP contribution in [0.4, 0.5) is 17.1 Å². The molecule has 1 N–H and O–H groups in total. The number of hydrogen-bond donors (Lipinski definition) is 1. The molecular formula is C14H15N3O11. The summed E-state index contributed by atoms with van der Waals surface area (Å²) in [7, 11) is 0. The first-order chi connectivity index (χ1) is 13.1. The van der Waals surface area contributed by atoms with E-state index in [1.807, 2.05) is 0 Å². The number of rotatable bonds is 9. The molecule has 0 radical (unpaired) electrons. The molecule has 0 heterocycles. The molecule has 0 aliphatic rings. The highest BCUT2D eigenvalue weighted by molar-refractivity contribution is 5.96. The van der Waals surface area contributed by atoms with Crippen molar-refractivity contribution >= 4 is 29.0 Å². The molecule has 0 spiro atoms. The largest absolute Gasteiger partial charge is 0.465 e. The average molecular weight is 401 g/mol. The first kappa shape index (κ1) is 22.4. The predicted octanol–water partition coefficient (Wildman–Crippen LogP) is 1.19. The van der Waals surface area contributed by atoms with E-state index in [0.29, 0.717) is 12.1 Å². The van der Waals surface area contributed by atoms with Crippen LogP contribution in [0.5, 0.6) is 0 Å². The molecule has 28 heavy (non-hydrogen) atoms. The van der Waals surface area contributed by atoms with Gasteiger partial charge in [0.1, 0.15) is 11.7 Å². The van der Waals surface area contributed by atoms with E-state index < -0.39 is 61.4 Å². The highest BCUT2D eigenvalue weighted by Gasteiger charge is 2.45. The Morgan fingerprint density at radius 3 is 1.61 bits per heavy atom. The smallest absolute Gasteiger partial charge is 0.323 e. The van der Waals surface area contributed by atoms with Gasteiger partial charge in [0.15, 0.2) is 5.92 Å². The minimum absolute atomic E-state index is 0.230. The van der Waals surface area contributed by atoms with Gasteiger partial charge in [-0.3, -0.25) is 39.9 Å². The zero-order valence-corrected chi connectivity index (χ0v) is 14.6. The Kier molecular flexibility index (Phi) is 7.44. The quantitative estimate of drug-likeness (QED) is 0.269. The lowest BCUT2D eigenvalue weighted by Crippen LogP contribution is -2.34. The molecule has 1 aromatic rings. The fraction of sp³-hybridized carbons (Fsp3) is 0.429. The normalized spacial score (nSPS) is 11.6. The van der Waals surface area contributed by atoms with E-state index in [0.717, 1.165) is 0 Å². The lowest BCUT2D eigenvalue weighted by molar-refractivity contribution is -0.404. The number of aliphatic hydroxyl groups excluding tert-OH is 1. The number of esters is 2. The third-order valence-electron chi connectivity index (χ3n) is 3.42. The van der Waals surface area contributed by atoms with E-state index in [1.165, 1.54) is 13.8 Å². The average Bonchev–Trinajstić information content (AvgIpc) is 2.60. The fourth-order valence-corrected chi connectivity index (χ4v) is 2.30. The standard InChI is InChI=1S/C14H15N3O11/c1-3-27-13(19)11(14(20)28-4-2)12(18)10-8(16(23)24)5-7(15(21)22)6-9(10)17(25)26/h5-6,11-12,18H,3-4H2,1-2H3. The van der Waals surface area contributed by atoms with Crippen molar-refractivity contribution in [2.75, 3.05) is 13.2 Å². The van der Waals surface area contributed by atoms with Crippen LogP contribution < -0.4 is 0 Å². The Hall–Kier alpha value is -3.68. The Balaban J connectivity index is 3.74. The van der Waals surface area contributed by atoms with E-state index >= 15 is 0 Å². The number of carbonyl (C=O) groups excluding carboxylic acids is 2. The van der Waals surface area contributed by atoms with Crippen molar-refractivity contribution < 1.29 is 38.9 Å². The minimum Gasteiger partial charge on any atom is -0.465 e. The maximum Gasteiger partial charge on any atom is 0.323 e. The first-order valence-corrected chi connectivity index (χ1v) is 7.69. The Morgan fingerprint density at radius 1 is 0.929 bits per heavy atom. The predicted molar refractivity (Wildman–Crippen MR) is 88.1 cm³/mol. The molecule has 0 saturated carbocycles. The van der Waals surface area contributed by atoms with Gasteiger partial charge in [0.25, 0.3) is 17.1 Å². The number of hydrogen-bond acceptors (Lipinski definition) is 11. The summed E-state index contributed by atoms with van der Waals surface area (Å²) in [6.07, 6.45) is -2.43. The van der Waals surface area contributed by atoms with Gasteiger partial charge in [-0.05, 0) is 13.8 Å². The zero-order chi connectivity index (χ0) is 21.6. The number of nitro groups is 3. The van der Waals surface area contributed by atoms with Gasteiger partial charge in [-0.1, -0.05) is 0 Å². The SMILES string of the molecule is CCOC(=O)C(C(=O)OCC)C(O)c1c([N+](=O)[O-])cc([N+](=O)[O-])cc1[N+](=O)[O-]. The topological polar surface area (TPSA) is 202 Å². The summed E-state index contributed by atoms with van der Waals surface area (Å²) in [6, 6.07) is 0.748. The molecule has 0 aromatic heterocycles. The molecular weight excluding hydrogens is 386 g/mol. The second-order valence-electron chi connectivity index (χ2n) is 5.10. The first-order valence-electron chi connectivity index (χ1n) is 7.69. The maximum atomic E-state index is 12.1. The molecule has 1 rings (SSSR count). The highest BCUT2D eigenvalue weighted by atomic mass is 16.6. The number of ether oxygens (including phenoxy) is 2. The summed E-state index contributed by atoms with van der Waals surface area (Å²) in [6.45, 7) is 2.30. The lowest BCUT2D eigenvalue weighted by atomic mass is 9.92. The van der Waals surface area contributed by atoms with E-state index in [9.17, 15) is 45.0 Å². The summed E-state index contributed by atoms with van der Waals surface area (Å²) < 4.78 is 9.26. The van der Waals surface area contributed by atoms with Crippen LogP contribution in [-0.2, 0) is 19.1 Å². The van der Waals surface area contributed by atoms with Gasteiger partial charge in [-0.15, -0.1) is 0 Å². The van der Waals surface area contributed by atoms with Crippen LogP contribution in [0.15, 0.2) is 12.1 Å². The van der Waals surface area contributed by atoms with Crippen LogP contribution >= 0.6 is 0 Å². The van der Waals surface area contributed by atoms with Gasteiger partial charge in [0.05, 0.1) is 40.1 Å². The second kappa shape index (κ2) is 9.31. The highest BCUT2D eigenvalue weighted by Crippen LogP contribution is 2.41. The van der Waals surface area contributed by atoms with Gasteiger partial charge in [-0.25, -0.2) is 0 Å². The number of nitro benzene ring substituents is 3. The van der Waals surface area contributed by atoms with Crippen LogP contribution in [0, 0.1) is 36.3 Å². The molecule has 14 nitrogen and oxygen atoms in total. The molecule has 0 saturated heterocycles. The van der Waals surface area contributed by atoms with Crippen molar-refractivity contribution in [2.24, 2.45) is 5.92 Å². The summed E-state index contributed by atoms with van der Waals surface area (Å²) in [5, 5.41) is 44.0. The zero-order valence-electron chi connectivity index (χ0n) is 14.6. The Bertz CT molecular complexity index is 770. The van der Waals surface area contributed by atoms with Crippen molar-refractivity contribution in [3.63, 3.8) is 0 Å². The van der Waals surface area contributed by atoms with Gasteiger partial charge < -0.3 is 14.6 Å². The third-order valence-corrected chi connectivity index (χ3v) is 3.42. The van der Waals surface area contributed by atoms with Gasteiger partial charge in [0, 0.05) is 0 Å². The number of non-ortho nitro benzene ring substituents is 1. The van der Waals surface area contributed by atoms with Gasteiger partial charge in [-0.2, -0.15) is 0 Å². The van der Waals surface area contributed by atoms with Crippen LogP contribution in [0.2, 0.25) is 0 Å². The summed E-state index contributed by atoms with van der Waals surface area (Å²) in [4.78, 5) is 54.1. The van der Waals surface area contributed by atoms with E-state index in [1.54, 1.807) is 0 Å². The molecule has 0 fully saturated rings. The van der Waals surface area contributed by atoms with Crippen LogP contribution in [0.1, 0.15) is 25.5 Å². The lowest BCUT2D eigenvalue weighted by Gasteiger charge is -2.20. The van der Waals surface area contributed by atoms with Crippen molar-refractivity contribution in [1.29, 1.82) is 0 Å². The van der Waals surface area contributed by atoms with E-state index in [4.69, 9.17) is 0 Å². The number of nitrogens with zero attached hydrogens (tertiary/aromatic N) is 3. The summed E-state index contributed by atoms with van der Waals surface area (Å²) in [5.41, 5.74) is -4.48. The number of aliphatic hydroxyl groups is 1. The van der Waals surface area contributed by atoms with E-state index in [-0.39, 0.29) is 13.2 Å². The van der Waals surface area contributed by atoms with Gasteiger partial charge in [0.2, 0.25) is 0 Å². The molecule has 0 bridgehead atoms. The summed E-state index contributed by atoms with van der Waals surface area (Å²) in [5.74, 6) is -4.86. The van der Waals surface area contributed by atoms with Crippen LogP contribution in [-0.4, -0.2) is 45.0 Å². The maximum absolute atomic E-state index is 12.1. The van der Waals surface area contributed by atoms with Crippen LogP contribution in [0.25, 0.3) is 0 Å². The van der Waals surface area contributed by atoms with Crippen LogP contribution in [0.3, 0.4) is 0 Å². The second-order valence-corrected chi connectivity index (χ2v) is 5.10. The van der Waals surface area contributed by atoms with Crippen molar-refractivity contribution in [1.82, 2.24) is 0 Å². The number of benzene rings is 1. The van der Waals surface area contributed by atoms with Crippen molar-refractivity contribution in [3.05, 3.63) is 48.0 Å². The third kappa shape index (κ3) is 4.73. The molecule has 14 heteroatoms. The van der Waals surface area contributed by atoms with Crippen molar-refractivity contribution in [3.8, 4) is 0 Å². The van der Waals surface area contributed by atoms with Gasteiger partial charge >= 0.3 is 11.9 Å². The molecule has 1 atom stereocenters. The molecule has 152 valence electrons. The Labute approximate surface area is 156 Å². The molecule has 1 unspecified atom stereocenters. The molecule has 0 aliphatic carbocycles. The van der Waals surface area contributed by atoms with Crippen molar-refractivity contribution in [2.45, 2.75) is 20.0 Å².